The van der Waals surface area contributed by atoms with Crippen molar-refractivity contribution in [2.75, 3.05) is 57.4 Å². The molecular weight excluding hydrogens is 918 g/mol. The van der Waals surface area contributed by atoms with Gasteiger partial charge in [0.2, 0.25) is 0 Å². The topological polar surface area (TPSA) is 181 Å². The van der Waals surface area contributed by atoms with Crippen LogP contribution in [0.2, 0.25) is 5.02 Å². The Bertz CT molecular complexity index is 3170. The number of nitrogens with zero attached hydrogens (tertiary/aromatic N) is 7. The van der Waals surface area contributed by atoms with E-state index >= 15 is 0 Å². The van der Waals surface area contributed by atoms with Crippen LogP contribution in [0.3, 0.4) is 0 Å². The Labute approximate surface area is 405 Å². The highest BCUT2D eigenvalue weighted by atomic mass is 35.5. The fraction of sp³-hybridized carbons (Fsp3) is 0.392. The highest BCUT2D eigenvalue weighted by Crippen LogP contribution is 2.44. The summed E-state index contributed by atoms with van der Waals surface area (Å²) in [5.41, 5.74) is 8.16. The van der Waals surface area contributed by atoms with Gasteiger partial charge in [0.05, 0.1) is 45.4 Å². The van der Waals surface area contributed by atoms with Crippen molar-refractivity contribution >= 4 is 66.5 Å². The van der Waals surface area contributed by atoms with Crippen LogP contribution in [0.1, 0.15) is 68.3 Å². The molecule has 1 amide bonds. The van der Waals surface area contributed by atoms with Gasteiger partial charge in [0.15, 0.2) is 5.75 Å². The zero-order valence-electron chi connectivity index (χ0n) is 38.6. The number of nitrogens with one attached hydrogen (secondary N) is 2. The Morgan fingerprint density at radius 1 is 1.03 bits per heavy atom. The molecule has 0 spiro atoms. The number of ether oxygens (including phenoxy) is 2. The molecule has 1 unspecified atom stereocenters. The first-order valence-electron chi connectivity index (χ1n) is 23.7. The Hall–Kier alpha value is -6.11. The minimum absolute atomic E-state index is 0.0320. The van der Waals surface area contributed by atoms with Crippen LogP contribution in [0, 0.1) is 15.5 Å². The number of carbonyl (C=O) groups is 1. The number of aromatic nitrogens is 4. The fourth-order valence-corrected chi connectivity index (χ4v) is 11.5. The van der Waals surface area contributed by atoms with E-state index in [-0.39, 0.29) is 35.5 Å². The predicted molar refractivity (Wildman–Crippen MR) is 265 cm³/mol. The molecule has 2 saturated heterocycles. The highest BCUT2D eigenvalue weighted by molar-refractivity contribution is 7.90. The third-order valence-electron chi connectivity index (χ3n) is 14.3. The molecule has 69 heavy (non-hydrogen) atoms. The number of pyridine rings is 1. The van der Waals surface area contributed by atoms with Crippen molar-refractivity contribution in [2.45, 2.75) is 75.5 Å². The lowest BCUT2D eigenvalue weighted by atomic mass is 9.72. The lowest BCUT2D eigenvalue weighted by Gasteiger charge is -2.40. The standard InChI is InChI=1S/C51H54ClN9O7S/c1-51(2)17-15-35(41(28-51)32-5-7-36(52)8-6-32)30-57-19-21-58(22-20-57)38-11-13-40(43(26-38)60-44-25-34-16-18-53-49(34)55-42(44)29-54-60)50(62)56-69(65,66)39-12-14-46(45(27-39)61(63)64)68-31-47-48(33-3-4-33)59(23-24-67-47)37-9-10-37/h3,5-8,11-14,16,18,25-27,29,37,47-48H,4,9-10,15,17,19-24,28,30-31H2,1-2H3,(H,53,55)(H,56,62)/t47-,48?/m0/s1. The van der Waals surface area contributed by atoms with Crippen molar-refractivity contribution in [3.05, 3.63) is 129 Å². The number of nitro groups is 1. The second-order valence-corrected chi connectivity index (χ2v) is 21.8. The van der Waals surface area contributed by atoms with E-state index in [1.807, 2.05) is 36.4 Å². The van der Waals surface area contributed by atoms with Crippen LogP contribution in [0.4, 0.5) is 11.4 Å². The number of anilines is 1. The van der Waals surface area contributed by atoms with Crippen LogP contribution in [-0.2, 0) is 14.8 Å². The van der Waals surface area contributed by atoms with Crippen molar-refractivity contribution in [1.82, 2.24) is 34.3 Å². The predicted octanol–water partition coefficient (Wildman–Crippen LogP) is 8.31. The summed E-state index contributed by atoms with van der Waals surface area (Å²) in [7, 11) is -4.64. The quantitative estimate of drug-likeness (QED) is 0.0607. The third kappa shape index (κ3) is 9.37. The van der Waals surface area contributed by atoms with Gasteiger partial charge in [-0.1, -0.05) is 54.8 Å². The van der Waals surface area contributed by atoms with E-state index in [1.165, 1.54) is 34.4 Å². The molecule has 11 rings (SSSR count). The van der Waals surface area contributed by atoms with Crippen LogP contribution in [0.15, 0.2) is 107 Å². The molecule has 5 aliphatic rings. The fourth-order valence-electron chi connectivity index (χ4n) is 10.4. The molecule has 6 aromatic rings. The summed E-state index contributed by atoms with van der Waals surface area (Å²) in [6.07, 6.45) is 11.6. The van der Waals surface area contributed by atoms with Crippen LogP contribution < -0.4 is 14.4 Å². The van der Waals surface area contributed by atoms with Crippen LogP contribution in [0.5, 0.6) is 5.75 Å². The minimum Gasteiger partial charge on any atom is -0.484 e. The maximum atomic E-state index is 14.3. The van der Waals surface area contributed by atoms with E-state index in [4.69, 9.17) is 26.1 Å². The van der Waals surface area contributed by atoms with Gasteiger partial charge in [-0.25, -0.2) is 22.8 Å². The number of aromatic amines is 1. The molecule has 18 heteroatoms. The summed E-state index contributed by atoms with van der Waals surface area (Å²) in [6.45, 7) is 10.1. The van der Waals surface area contributed by atoms with Gasteiger partial charge >= 0.3 is 5.69 Å². The average molecular weight is 973 g/mol. The zero-order chi connectivity index (χ0) is 47.6. The first-order chi connectivity index (χ1) is 33.3. The van der Waals surface area contributed by atoms with Crippen molar-refractivity contribution in [1.29, 1.82) is 0 Å². The van der Waals surface area contributed by atoms with Crippen LogP contribution in [0.25, 0.3) is 33.3 Å². The average Bonchev–Trinajstić information content (AvgIpc) is 4.28. The molecule has 16 nitrogen and oxygen atoms in total. The number of piperazine rings is 1. The van der Waals surface area contributed by atoms with Crippen molar-refractivity contribution in [2.24, 2.45) is 5.41 Å². The number of morpholine rings is 1. The van der Waals surface area contributed by atoms with Gasteiger partial charge in [-0.15, -0.1) is 0 Å². The largest absolute Gasteiger partial charge is 0.484 e. The van der Waals surface area contributed by atoms with Crippen molar-refractivity contribution in [3.63, 3.8) is 0 Å². The molecule has 2 aliphatic heterocycles. The number of nitro benzene ring substituents is 1. The van der Waals surface area contributed by atoms with Gasteiger partial charge in [-0.3, -0.25) is 24.7 Å². The number of halogens is 1. The number of H-pyrrole nitrogens is 1. The molecule has 2 atom stereocenters. The highest BCUT2D eigenvalue weighted by Gasteiger charge is 2.44. The Kier molecular flexibility index (Phi) is 11.8. The lowest BCUT2D eigenvalue weighted by Crippen LogP contribution is -2.54. The smallest absolute Gasteiger partial charge is 0.312 e. The van der Waals surface area contributed by atoms with Gasteiger partial charge in [0, 0.05) is 73.7 Å². The van der Waals surface area contributed by atoms with E-state index in [2.05, 4.69) is 61.6 Å². The summed E-state index contributed by atoms with van der Waals surface area (Å²) in [6, 6.07) is 21.2. The normalized spacial score (nSPS) is 21.1. The number of hydrogen-bond acceptors (Lipinski definition) is 12. The molecule has 5 heterocycles. The van der Waals surface area contributed by atoms with Gasteiger partial charge in [-0.05, 0) is 110 Å². The number of allylic oxidation sites excluding steroid dienone is 2. The minimum atomic E-state index is -4.64. The third-order valence-corrected chi connectivity index (χ3v) is 15.9. The molecule has 0 radical (unpaired) electrons. The summed E-state index contributed by atoms with van der Waals surface area (Å²) in [4.78, 5) is 40.7. The zero-order valence-corrected chi connectivity index (χ0v) is 40.1. The summed E-state index contributed by atoms with van der Waals surface area (Å²) >= 11 is 6.27. The van der Waals surface area contributed by atoms with Crippen LogP contribution in [-0.4, -0.2) is 119 Å². The molecule has 3 aromatic carbocycles. The van der Waals surface area contributed by atoms with E-state index in [0.717, 1.165) is 100.0 Å². The number of benzene rings is 3. The van der Waals surface area contributed by atoms with Gasteiger partial charge in [-0.2, -0.15) is 5.10 Å². The molecule has 1 saturated carbocycles. The SMILES string of the molecule is CC1(C)CCC(CN2CCN(c3ccc(C(=O)NS(=O)(=O)c4ccc(OC[C@@H]5OCCN(C6CC6)C5C5=CC5)c([N+](=O)[O-])c4)c(-n4ncc5nc6[nH]ccc6cc54)c3)CC2)=C(c2ccc(Cl)cc2)C1. The molecule has 3 aliphatic carbocycles. The van der Waals surface area contributed by atoms with Gasteiger partial charge in [0.25, 0.3) is 15.9 Å². The second-order valence-electron chi connectivity index (χ2n) is 19.7. The number of carbonyl (C=O) groups excluding carboxylic acids is 1. The number of amides is 1. The van der Waals surface area contributed by atoms with E-state index in [0.29, 0.717) is 35.0 Å². The molecule has 358 valence electrons. The second kappa shape index (κ2) is 18.0. The first kappa shape index (κ1) is 45.3. The summed E-state index contributed by atoms with van der Waals surface area (Å²) in [5.74, 6) is -1.02. The number of rotatable bonds is 14. The molecule has 3 aromatic heterocycles. The summed E-state index contributed by atoms with van der Waals surface area (Å²) in [5, 5.41) is 18.6. The molecule has 0 bridgehead atoms. The van der Waals surface area contributed by atoms with Crippen molar-refractivity contribution < 1.29 is 27.6 Å². The Balaban J connectivity index is 0.839. The molecular formula is C51H54ClN9O7S. The number of hydrogen-bond donors (Lipinski definition) is 2. The molecule has 3 fully saturated rings. The van der Waals surface area contributed by atoms with Crippen LogP contribution >= 0.6 is 11.6 Å². The lowest BCUT2D eigenvalue weighted by molar-refractivity contribution is -0.386. The number of sulfonamides is 1. The monoisotopic (exact) mass is 971 g/mol. The summed E-state index contributed by atoms with van der Waals surface area (Å²) < 4.78 is 44.0. The van der Waals surface area contributed by atoms with E-state index in [9.17, 15) is 23.3 Å². The Morgan fingerprint density at radius 2 is 1.83 bits per heavy atom. The Morgan fingerprint density at radius 3 is 2.58 bits per heavy atom. The van der Waals surface area contributed by atoms with E-state index in [1.54, 1.807) is 23.1 Å². The maximum Gasteiger partial charge on any atom is 0.312 e. The maximum absolute atomic E-state index is 14.3. The van der Waals surface area contributed by atoms with Gasteiger partial charge in [0.1, 0.15) is 23.9 Å². The van der Waals surface area contributed by atoms with Crippen molar-refractivity contribution in [3.8, 4) is 11.4 Å². The van der Waals surface area contributed by atoms with E-state index < -0.39 is 31.4 Å². The first-order valence-corrected chi connectivity index (χ1v) is 25.6. The number of fused-ring (bicyclic) bond motifs is 2. The van der Waals surface area contributed by atoms with Gasteiger partial charge < -0.3 is 19.4 Å². The molecule has 2 N–H and O–H groups in total.